The van der Waals surface area contributed by atoms with E-state index in [0.717, 1.165) is 0 Å². The first-order valence-electron chi connectivity index (χ1n) is 5.98. The molecule has 0 aliphatic carbocycles. The van der Waals surface area contributed by atoms with Crippen LogP contribution in [0.15, 0.2) is 22.8 Å². The molecule has 1 aromatic rings. The quantitative estimate of drug-likeness (QED) is 0.834. The van der Waals surface area contributed by atoms with Gasteiger partial charge in [-0.25, -0.2) is 4.79 Å². The summed E-state index contributed by atoms with van der Waals surface area (Å²) in [5, 5.41) is 11.3. The van der Waals surface area contributed by atoms with Crippen LogP contribution in [0, 0.1) is 0 Å². The van der Waals surface area contributed by atoms with E-state index in [1.807, 2.05) is 0 Å². The molecule has 1 saturated heterocycles. The molecule has 0 bridgehead atoms. The molecule has 0 aromatic carbocycles. The van der Waals surface area contributed by atoms with Gasteiger partial charge in [-0.1, -0.05) is 0 Å². The number of carboxylic acid groups (broad SMARTS) is 1. The number of nitrogens with one attached hydrogen (secondary N) is 1. The molecule has 2 atom stereocenters. The number of thioether (sulfide) groups is 1. The van der Waals surface area contributed by atoms with E-state index in [9.17, 15) is 14.4 Å². The van der Waals surface area contributed by atoms with E-state index in [1.54, 1.807) is 13.0 Å². The van der Waals surface area contributed by atoms with Crippen LogP contribution in [0.2, 0.25) is 0 Å². The van der Waals surface area contributed by atoms with E-state index in [0.29, 0.717) is 5.75 Å². The Balaban J connectivity index is 1.94. The molecule has 2 amide bonds. The van der Waals surface area contributed by atoms with Gasteiger partial charge in [0.25, 0.3) is 5.91 Å². The number of hydrogen-bond donors (Lipinski definition) is 2. The predicted octanol–water partition coefficient (Wildman–Crippen LogP) is 0.384. The van der Waals surface area contributed by atoms with Gasteiger partial charge in [-0.3, -0.25) is 9.59 Å². The van der Waals surface area contributed by atoms with Crippen LogP contribution < -0.4 is 5.32 Å². The smallest absolute Gasteiger partial charge is 0.327 e. The summed E-state index contributed by atoms with van der Waals surface area (Å²) in [7, 11) is 0. The summed E-state index contributed by atoms with van der Waals surface area (Å²) in [5.41, 5.74) is 0. The van der Waals surface area contributed by atoms with Crippen LogP contribution >= 0.6 is 11.8 Å². The average molecular weight is 298 g/mol. The van der Waals surface area contributed by atoms with E-state index < -0.39 is 23.8 Å². The summed E-state index contributed by atoms with van der Waals surface area (Å²) in [6.45, 7) is 1.51. The number of carbonyl (C=O) groups is 3. The van der Waals surface area contributed by atoms with E-state index in [1.165, 1.54) is 29.0 Å². The highest BCUT2D eigenvalue weighted by atomic mass is 32.2. The molecule has 0 spiro atoms. The van der Waals surface area contributed by atoms with Gasteiger partial charge in [-0.05, 0) is 19.1 Å². The SMILES string of the molecule is CC1SCC(C(=O)O)N1C(=O)CNC(=O)c1ccco1. The van der Waals surface area contributed by atoms with Gasteiger partial charge < -0.3 is 19.7 Å². The Bertz CT molecular complexity index is 516. The topological polar surface area (TPSA) is 99.9 Å². The van der Waals surface area contributed by atoms with Gasteiger partial charge in [0, 0.05) is 5.75 Å². The largest absolute Gasteiger partial charge is 0.480 e. The maximum atomic E-state index is 12.0. The summed E-state index contributed by atoms with van der Waals surface area (Å²) < 4.78 is 4.90. The van der Waals surface area contributed by atoms with Gasteiger partial charge in [0.05, 0.1) is 18.2 Å². The third kappa shape index (κ3) is 2.96. The lowest BCUT2D eigenvalue weighted by molar-refractivity contribution is -0.148. The molecule has 2 heterocycles. The number of nitrogens with zero attached hydrogens (tertiary/aromatic N) is 1. The van der Waals surface area contributed by atoms with Gasteiger partial charge in [0.15, 0.2) is 5.76 Å². The zero-order valence-electron chi connectivity index (χ0n) is 10.7. The van der Waals surface area contributed by atoms with Crippen LogP contribution in [0.1, 0.15) is 17.5 Å². The highest BCUT2D eigenvalue weighted by Crippen LogP contribution is 2.28. The van der Waals surface area contributed by atoms with Gasteiger partial charge in [0.2, 0.25) is 5.91 Å². The molecule has 7 nitrogen and oxygen atoms in total. The lowest BCUT2D eigenvalue weighted by atomic mass is 10.2. The Morgan fingerprint density at radius 2 is 2.30 bits per heavy atom. The van der Waals surface area contributed by atoms with Crippen molar-refractivity contribution in [2.75, 3.05) is 12.3 Å². The molecule has 0 radical (unpaired) electrons. The van der Waals surface area contributed by atoms with Crippen molar-refractivity contribution >= 4 is 29.5 Å². The van der Waals surface area contributed by atoms with Gasteiger partial charge in [0.1, 0.15) is 6.04 Å². The standard InChI is InChI=1S/C12H14N2O5S/c1-7-14(8(6-20-7)12(17)18)10(15)5-13-11(16)9-3-2-4-19-9/h2-4,7-8H,5-6H2,1H3,(H,13,16)(H,17,18). The third-order valence-corrected chi connectivity index (χ3v) is 4.16. The number of carboxylic acids is 1. The lowest BCUT2D eigenvalue weighted by Crippen LogP contribution is -2.48. The summed E-state index contributed by atoms with van der Waals surface area (Å²) in [6, 6.07) is 2.20. The zero-order chi connectivity index (χ0) is 14.7. The van der Waals surface area contributed by atoms with Crippen molar-refractivity contribution in [3.05, 3.63) is 24.2 Å². The molecule has 1 aliphatic rings. The van der Waals surface area contributed by atoms with Crippen molar-refractivity contribution in [2.24, 2.45) is 0 Å². The van der Waals surface area contributed by atoms with E-state index in [4.69, 9.17) is 9.52 Å². The Kier molecular flexibility index (Phi) is 4.33. The van der Waals surface area contributed by atoms with Crippen LogP contribution in [0.5, 0.6) is 0 Å². The molecule has 2 rings (SSSR count). The molecule has 0 saturated carbocycles. The highest BCUT2D eigenvalue weighted by molar-refractivity contribution is 8.00. The van der Waals surface area contributed by atoms with E-state index in [-0.39, 0.29) is 17.7 Å². The van der Waals surface area contributed by atoms with Crippen LogP contribution in [0.3, 0.4) is 0 Å². The highest BCUT2D eigenvalue weighted by Gasteiger charge is 2.39. The second-order valence-electron chi connectivity index (χ2n) is 4.25. The average Bonchev–Trinajstić information content (AvgIpc) is 3.04. The fraction of sp³-hybridized carbons (Fsp3) is 0.417. The minimum atomic E-state index is -1.03. The number of hydrogen-bond acceptors (Lipinski definition) is 5. The molecule has 1 aliphatic heterocycles. The third-order valence-electron chi connectivity index (χ3n) is 2.94. The maximum absolute atomic E-state index is 12.0. The normalized spacial score (nSPS) is 21.8. The molecule has 1 fully saturated rings. The first kappa shape index (κ1) is 14.4. The second-order valence-corrected chi connectivity index (χ2v) is 5.60. The van der Waals surface area contributed by atoms with Crippen molar-refractivity contribution in [3.8, 4) is 0 Å². The molecule has 1 aromatic heterocycles. The first-order valence-corrected chi connectivity index (χ1v) is 7.03. The Labute approximate surface area is 119 Å². The summed E-state index contributed by atoms with van der Waals surface area (Å²) in [6.07, 6.45) is 1.36. The molecule has 2 unspecified atom stereocenters. The monoisotopic (exact) mass is 298 g/mol. The minimum absolute atomic E-state index is 0.108. The first-order chi connectivity index (χ1) is 9.50. The van der Waals surface area contributed by atoms with Gasteiger partial charge in [-0.15, -0.1) is 11.8 Å². The second kappa shape index (κ2) is 6.00. The van der Waals surface area contributed by atoms with Crippen LogP contribution in [0.4, 0.5) is 0 Å². The number of amides is 2. The number of furan rings is 1. The van der Waals surface area contributed by atoms with Crippen molar-refractivity contribution in [2.45, 2.75) is 18.3 Å². The lowest BCUT2D eigenvalue weighted by Gasteiger charge is -2.24. The summed E-state index contributed by atoms with van der Waals surface area (Å²) >= 11 is 1.40. The molecule has 2 N–H and O–H groups in total. The Hall–Kier alpha value is -1.96. The molecular formula is C12H14N2O5S. The van der Waals surface area contributed by atoms with Crippen molar-refractivity contribution in [3.63, 3.8) is 0 Å². The molecule has 8 heteroatoms. The molecular weight excluding hydrogens is 284 g/mol. The predicted molar refractivity (Wildman–Crippen MR) is 71.2 cm³/mol. The van der Waals surface area contributed by atoms with E-state index >= 15 is 0 Å². The fourth-order valence-corrected chi connectivity index (χ4v) is 3.14. The molecule has 20 heavy (non-hydrogen) atoms. The van der Waals surface area contributed by atoms with Crippen molar-refractivity contribution < 1.29 is 23.9 Å². The molecule has 108 valence electrons. The number of carbonyl (C=O) groups excluding carboxylic acids is 2. The Morgan fingerprint density at radius 1 is 1.55 bits per heavy atom. The number of rotatable bonds is 4. The van der Waals surface area contributed by atoms with E-state index in [2.05, 4.69) is 5.32 Å². The summed E-state index contributed by atoms with van der Waals surface area (Å²) in [4.78, 5) is 36.0. The van der Waals surface area contributed by atoms with Crippen LogP contribution in [-0.4, -0.2) is 51.5 Å². The summed E-state index contributed by atoms with van der Waals surface area (Å²) in [5.74, 6) is -1.50. The van der Waals surface area contributed by atoms with Gasteiger partial charge in [-0.2, -0.15) is 0 Å². The fourth-order valence-electron chi connectivity index (χ4n) is 1.95. The van der Waals surface area contributed by atoms with Gasteiger partial charge >= 0.3 is 5.97 Å². The maximum Gasteiger partial charge on any atom is 0.327 e. The Morgan fingerprint density at radius 3 is 2.90 bits per heavy atom. The zero-order valence-corrected chi connectivity index (χ0v) is 11.6. The minimum Gasteiger partial charge on any atom is -0.480 e. The van der Waals surface area contributed by atoms with Crippen molar-refractivity contribution in [1.29, 1.82) is 0 Å². The number of aliphatic carboxylic acids is 1. The van der Waals surface area contributed by atoms with Crippen LogP contribution in [-0.2, 0) is 9.59 Å². The van der Waals surface area contributed by atoms with Crippen LogP contribution in [0.25, 0.3) is 0 Å². The van der Waals surface area contributed by atoms with Crippen molar-refractivity contribution in [1.82, 2.24) is 10.2 Å².